The minimum atomic E-state index is 0.0836. The second-order valence-corrected chi connectivity index (χ2v) is 6.52. The Labute approximate surface area is 112 Å². The average Bonchev–Trinajstić information content (AvgIpc) is 2.93. The molecule has 2 aromatic rings. The number of nitrogens with one attached hydrogen (secondary N) is 1. The van der Waals surface area contributed by atoms with E-state index in [0.717, 1.165) is 29.3 Å². The van der Waals surface area contributed by atoms with Gasteiger partial charge in [-0.05, 0) is 39.3 Å². The molecule has 4 heteroatoms. The maximum Gasteiger partial charge on any atom is 0.181 e. The standard InChI is InChI=1S/C14H20N2OS/c1-5-10-6-7-12(18-10)13-11(15-9-17-13)8-16-14(2,3)4/h6-7,9,16H,5,8H2,1-4H3. The molecular formula is C14H20N2OS. The van der Waals surface area contributed by atoms with Crippen molar-refractivity contribution in [3.8, 4) is 10.6 Å². The quantitative estimate of drug-likeness (QED) is 0.911. The molecule has 2 heterocycles. The van der Waals surface area contributed by atoms with Gasteiger partial charge in [0, 0.05) is 17.0 Å². The molecule has 0 saturated heterocycles. The normalized spacial score (nSPS) is 12.0. The summed E-state index contributed by atoms with van der Waals surface area (Å²) in [4.78, 5) is 6.84. The van der Waals surface area contributed by atoms with Crippen LogP contribution < -0.4 is 5.32 Å². The molecule has 0 spiro atoms. The summed E-state index contributed by atoms with van der Waals surface area (Å²) >= 11 is 1.78. The van der Waals surface area contributed by atoms with Crippen molar-refractivity contribution in [2.45, 2.75) is 46.2 Å². The number of hydrogen-bond acceptors (Lipinski definition) is 4. The average molecular weight is 264 g/mol. The fourth-order valence-corrected chi connectivity index (χ4v) is 2.59. The number of aromatic nitrogens is 1. The van der Waals surface area contributed by atoms with E-state index in [9.17, 15) is 0 Å². The van der Waals surface area contributed by atoms with Crippen LogP contribution in [0.25, 0.3) is 10.6 Å². The van der Waals surface area contributed by atoms with Gasteiger partial charge in [0.15, 0.2) is 12.2 Å². The van der Waals surface area contributed by atoms with E-state index in [4.69, 9.17) is 4.42 Å². The second-order valence-electron chi connectivity index (χ2n) is 5.35. The molecule has 0 radical (unpaired) electrons. The third-order valence-electron chi connectivity index (χ3n) is 2.66. The van der Waals surface area contributed by atoms with Gasteiger partial charge in [0.25, 0.3) is 0 Å². The molecule has 1 N–H and O–H groups in total. The van der Waals surface area contributed by atoms with E-state index in [1.54, 1.807) is 11.3 Å². The first-order valence-electron chi connectivity index (χ1n) is 6.26. The van der Waals surface area contributed by atoms with Crippen LogP contribution >= 0.6 is 11.3 Å². The fraction of sp³-hybridized carbons (Fsp3) is 0.500. The molecule has 0 bridgehead atoms. The van der Waals surface area contributed by atoms with Crippen molar-refractivity contribution in [2.75, 3.05) is 0 Å². The molecule has 0 aromatic carbocycles. The van der Waals surface area contributed by atoms with Gasteiger partial charge >= 0.3 is 0 Å². The molecule has 0 saturated carbocycles. The Morgan fingerprint density at radius 3 is 2.72 bits per heavy atom. The number of oxazole rings is 1. The van der Waals surface area contributed by atoms with Crippen LogP contribution in [-0.4, -0.2) is 10.5 Å². The minimum Gasteiger partial charge on any atom is -0.442 e. The Balaban J connectivity index is 2.17. The highest BCUT2D eigenvalue weighted by Crippen LogP contribution is 2.30. The number of nitrogens with zero attached hydrogens (tertiary/aromatic N) is 1. The molecule has 18 heavy (non-hydrogen) atoms. The van der Waals surface area contributed by atoms with Crippen molar-refractivity contribution in [1.29, 1.82) is 0 Å². The summed E-state index contributed by atoms with van der Waals surface area (Å²) in [5.74, 6) is 0.899. The van der Waals surface area contributed by atoms with Crippen molar-refractivity contribution in [2.24, 2.45) is 0 Å². The molecule has 0 amide bonds. The summed E-state index contributed by atoms with van der Waals surface area (Å²) in [6.07, 6.45) is 2.59. The summed E-state index contributed by atoms with van der Waals surface area (Å²) < 4.78 is 5.53. The first kappa shape index (κ1) is 13.3. The predicted molar refractivity (Wildman–Crippen MR) is 75.8 cm³/mol. The SMILES string of the molecule is CCc1ccc(-c2ocnc2CNC(C)(C)C)s1. The van der Waals surface area contributed by atoms with Crippen molar-refractivity contribution in [3.63, 3.8) is 0 Å². The Hall–Kier alpha value is -1.13. The number of aryl methyl sites for hydroxylation is 1. The molecule has 0 aliphatic carbocycles. The lowest BCUT2D eigenvalue weighted by Crippen LogP contribution is -2.35. The van der Waals surface area contributed by atoms with Gasteiger partial charge in [0.2, 0.25) is 0 Å². The van der Waals surface area contributed by atoms with Crippen LogP contribution in [-0.2, 0) is 13.0 Å². The highest BCUT2D eigenvalue weighted by molar-refractivity contribution is 7.15. The van der Waals surface area contributed by atoms with E-state index < -0.39 is 0 Å². The molecular weight excluding hydrogens is 244 g/mol. The highest BCUT2D eigenvalue weighted by atomic mass is 32.1. The van der Waals surface area contributed by atoms with Crippen LogP contribution in [0.2, 0.25) is 0 Å². The van der Waals surface area contributed by atoms with Crippen LogP contribution in [0.15, 0.2) is 22.9 Å². The van der Waals surface area contributed by atoms with Crippen molar-refractivity contribution < 1.29 is 4.42 Å². The van der Waals surface area contributed by atoms with Crippen molar-refractivity contribution >= 4 is 11.3 Å². The smallest absolute Gasteiger partial charge is 0.181 e. The van der Waals surface area contributed by atoms with Gasteiger partial charge in [-0.15, -0.1) is 11.3 Å². The van der Waals surface area contributed by atoms with Gasteiger partial charge in [-0.2, -0.15) is 0 Å². The van der Waals surface area contributed by atoms with Gasteiger partial charge < -0.3 is 9.73 Å². The predicted octanol–water partition coefficient (Wildman–Crippen LogP) is 3.85. The van der Waals surface area contributed by atoms with Crippen molar-refractivity contribution in [3.05, 3.63) is 29.1 Å². The maximum absolute atomic E-state index is 5.53. The van der Waals surface area contributed by atoms with Crippen molar-refractivity contribution in [1.82, 2.24) is 10.3 Å². The summed E-state index contributed by atoms with van der Waals surface area (Å²) in [7, 11) is 0. The summed E-state index contributed by atoms with van der Waals surface area (Å²) in [5.41, 5.74) is 1.06. The lowest BCUT2D eigenvalue weighted by atomic mass is 10.1. The van der Waals surface area contributed by atoms with Gasteiger partial charge in [-0.3, -0.25) is 0 Å². The molecule has 0 aliphatic heterocycles. The van der Waals surface area contributed by atoms with Crippen LogP contribution in [0.4, 0.5) is 0 Å². The van der Waals surface area contributed by atoms with Gasteiger partial charge in [-0.25, -0.2) is 4.98 Å². The Bertz CT molecular complexity index is 508. The summed E-state index contributed by atoms with van der Waals surface area (Å²) in [6.45, 7) is 9.33. The number of thiophene rings is 1. The first-order valence-corrected chi connectivity index (χ1v) is 7.07. The topological polar surface area (TPSA) is 38.1 Å². The Kier molecular flexibility index (Phi) is 3.88. The monoisotopic (exact) mass is 264 g/mol. The van der Waals surface area contributed by atoms with E-state index in [1.807, 2.05) is 0 Å². The van der Waals surface area contributed by atoms with Crippen LogP contribution in [0.1, 0.15) is 38.3 Å². The third-order valence-corrected chi connectivity index (χ3v) is 3.89. The van der Waals surface area contributed by atoms with Gasteiger partial charge in [0.1, 0.15) is 5.69 Å². The fourth-order valence-electron chi connectivity index (χ4n) is 1.63. The lowest BCUT2D eigenvalue weighted by molar-refractivity contribution is 0.421. The van der Waals surface area contributed by atoms with E-state index in [2.05, 4.69) is 50.1 Å². The largest absolute Gasteiger partial charge is 0.442 e. The van der Waals surface area contributed by atoms with E-state index in [1.165, 1.54) is 11.3 Å². The zero-order valence-electron chi connectivity index (χ0n) is 11.4. The van der Waals surface area contributed by atoms with E-state index >= 15 is 0 Å². The van der Waals surface area contributed by atoms with E-state index in [0.29, 0.717) is 0 Å². The lowest BCUT2D eigenvalue weighted by Gasteiger charge is -2.19. The number of hydrogen-bond donors (Lipinski definition) is 1. The molecule has 0 fully saturated rings. The minimum absolute atomic E-state index is 0.0836. The zero-order valence-corrected chi connectivity index (χ0v) is 12.2. The molecule has 3 nitrogen and oxygen atoms in total. The molecule has 0 unspecified atom stereocenters. The molecule has 2 aromatic heterocycles. The summed E-state index contributed by atoms with van der Waals surface area (Å²) in [6, 6.07) is 4.27. The Morgan fingerprint density at radius 1 is 1.33 bits per heavy atom. The zero-order chi connectivity index (χ0) is 13.2. The number of rotatable bonds is 4. The molecule has 2 rings (SSSR count). The van der Waals surface area contributed by atoms with Gasteiger partial charge in [0.05, 0.1) is 4.88 Å². The highest BCUT2D eigenvalue weighted by Gasteiger charge is 2.15. The molecule has 98 valence electrons. The Morgan fingerprint density at radius 2 is 2.11 bits per heavy atom. The maximum atomic E-state index is 5.53. The second kappa shape index (κ2) is 5.24. The van der Waals surface area contributed by atoms with Crippen LogP contribution in [0.3, 0.4) is 0 Å². The molecule has 0 atom stereocenters. The van der Waals surface area contributed by atoms with Crippen LogP contribution in [0.5, 0.6) is 0 Å². The molecule has 0 aliphatic rings. The van der Waals surface area contributed by atoms with E-state index in [-0.39, 0.29) is 5.54 Å². The third kappa shape index (κ3) is 3.21. The van der Waals surface area contributed by atoms with Gasteiger partial charge in [-0.1, -0.05) is 6.92 Å². The first-order chi connectivity index (χ1) is 8.49. The summed E-state index contributed by atoms with van der Waals surface area (Å²) in [5, 5.41) is 3.44. The van der Waals surface area contributed by atoms with Crippen LogP contribution in [0, 0.1) is 0 Å².